The lowest BCUT2D eigenvalue weighted by molar-refractivity contribution is 0.421. The molecule has 62 heavy (non-hydrogen) atoms. The molecule has 0 aliphatic heterocycles. The summed E-state index contributed by atoms with van der Waals surface area (Å²) in [5, 5.41) is 43.6. The third kappa shape index (κ3) is 12.2. The minimum Gasteiger partial charge on any atom is -0.508 e. The highest BCUT2D eigenvalue weighted by molar-refractivity contribution is 5.56. The van der Waals surface area contributed by atoms with Gasteiger partial charge in [0, 0.05) is 11.8 Å². The van der Waals surface area contributed by atoms with E-state index in [1.807, 2.05) is 12.1 Å². The maximum absolute atomic E-state index is 11.3. The van der Waals surface area contributed by atoms with E-state index in [2.05, 4.69) is 189 Å². The van der Waals surface area contributed by atoms with Crippen molar-refractivity contribution >= 4 is 0 Å². The first-order valence-electron chi connectivity index (χ1n) is 23.4. The second kappa shape index (κ2) is 18.7. The van der Waals surface area contributed by atoms with Crippen molar-refractivity contribution in [1.82, 2.24) is 0 Å². The summed E-state index contributed by atoms with van der Waals surface area (Å²) in [5.41, 5.74) is 12.4. The SMILES string of the molecule is CCCC(c1cc(C(C)(C)C)c(O)c(C(C)(C)C)c1)c1cc(C(C)(C)C)c(O)c(C(C)(C)C)c1.CCCC(c1cc(C(C)(C)C)c(O)cc1C)c1cc(C(C)(C)C)c(O)cc1C. The molecule has 0 amide bonds. The van der Waals surface area contributed by atoms with E-state index in [9.17, 15) is 20.4 Å². The lowest BCUT2D eigenvalue weighted by atomic mass is 9.73. The molecule has 4 N–H and O–H groups in total. The van der Waals surface area contributed by atoms with E-state index in [0.717, 1.165) is 70.2 Å². The minimum atomic E-state index is -0.168. The molecule has 4 aromatic carbocycles. The normalized spacial score (nSPS) is 13.2. The van der Waals surface area contributed by atoms with E-state index in [1.165, 1.54) is 22.3 Å². The smallest absolute Gasteiger partial charge is 0.123 e. The Kier molecular flexibility index (Phi) is 15.8. The first-order valence-corrected chi connectivity index (χ1v) is 23.4. The zero-order valence-corrected chi connectivity index (χ0v) is 43.4. The van der Waals surface area contributed by atoms with Crippen LogP contribution < -0.4 is 0 Å². The van der Waals surface area contributed by atoms with Gasteiger partial charge in [-0.3, -0.25) is 0 Å². The molecule has 0 atom stereocenters. The van der Waals surface area contributed by atoms with Crippen LogP contribution in [0, 0.1) is 13.8 Å². The van der Waals surface area contributed by atoms with Gasteiger partial charge in [0.05, 0.1) is 0 Å². The van der Waals surface area contributed by atoms with Crippen molar-refractivity contribution in [3.05, 3.63) is 115 Å². The number of benzene rings is 4. The monoisotopic (exact) mass is 849 g/mol. The second-order valence-electron chi connectivity index (χ2n) is 24.6. The number of aryl methyl sites for hydroxylation is 2. The van der Waals surface area contributed by atoms with E-state index in [0.29, 0.717) is 23.0 Å². The molecule has 0 radical (unpaired) electrons. The van der Waals surface area contributed by atoms with Crippen LogP contribution in [0.1, 0.15) is 243 Å². The van der Waals surface area contributed by atoms with Crippen molar-refractivity contribution in [2.75, 3.05) is 0 Å². The van der Waals surface area contributed by atoms with Crippen molar-refractivity contribution in [3.8, 4) is 23.0 Å². The summed E-state index contributed by atoms with van der Waals surface area (Å²) in [5.74, 6) is 2.04. The van der Waals surface area contributed by atoms with Crippen LogP contribution in [0.5, 0.6) is 23.0 Å². The third-order valence-corrected chi connectivity index (χ3v) is 12.6. The lowest BCUT2D eigenvalue weighted by Crippen LogP contribution is -2.20. The van der Waals surface area contributed by atoms with Gasteiger partial charge in [-0.05, 0) is 138 Å². The van der Waals surface area contributed by atoms with Gasteiger partial charge in [0.1, 0.15) is 23.0 Å². The van der Waals surface area contributed by atoms with Gasteiger partial charge in [-0.1, -0.05) is 188 Å². The topological polar surface area (TPSA) is 80.9 Å². The minimum absolute atomic E-state index is 0.121. The summed E-state index contributed by atoms with van der Waals surface area (Å²) >= 11 is 0. The number of aromatic hydroxyl groups is 4. The van der Waals surface area contributed by atoms with E-state index in [4.69, 9.17) is 0 Å². The average Bonchev–Trinajstić information content (AvgIpc) is 3.07. The van der Waals surface area contributed by atoms with Crippen LogP contribution in [0.15, 0.2) is 48.5 Å². The maximum atomic E-state index is 11.3. The molecule has 344 valence electrons. The third-order valence-electron chi connectivity index (χ3n) is 12.6. The fraction of sp³-hybridized carbons (Fsp3) is 0.586. The van der Waals surface area contributed by atoms with Crippen molar-refractivity contribution in [1.29, 1.82) is 0 Å². The summed E-state index contributed by atoms with van der Waals surface area (Å²) in [7, 11) is 0. The van der Waals surface area contributed by atoms with Crippen molar-refractivity contribution in [2.45, 2.75) is 222 Å². The molecule has 0 saturated heterocycles. The predicted octanol–water partition coefficient (Wildman–Crippen LogP) is 16.5. The van der Waals surface area contributed by atoms with E-state index < -0.39 is 0 Å². The summed E-state index contributed by atoms with van der Waals surface area (Å²) in [6.45, 7) is 47.5. The molecule has 0 bridgehead atoms. The van der Waals surface area contributed by atoms with Gasteiger partial charge < -0.3 is 20.4 Å². The van der Waals surface area contributed by atoms with Gasteiger partial charge in [0.25, 0.3) is 0 Å². The van der Waals surface area contributed by atoms with Crippen LogP contribution >= 0.6 is 0 Å². The highest BCUT2D eigenvalue weighted by Gasteiger charge is 2.32. The number of phenolic OH excluding ortho intramolecular Hbond substituents is 4. The zero-order valence-electron chi connectivity index (χ0n) is 43.4. The van der Waals surface area contributed by atoms with Crippen molar-refractivity contribution < 1.29 is 20.4 Å². The van der Waals surface area contributed by atoms with Crippen molar-refractivity contribution in [3.63, 3.8) is 0 Å². The quantitative estimate of drug-likeness (QED) is 0.142. The first kappa shape index (κ1) is 52.4. The van der Waals surface area contributed by atoms with Gasteiger partial charge in [-0.25, -0.2) is 0 Å². The Morgan fingerprint density at radius 1 is 0.355 bits per heavy atom. The molecule has 4 heteroatoms. The molecule has 0 saturated carbocycles. The number of hydrogen-bond acceptors (Lipinski definition) is 4. The lowest BCUT2D eigenvalue weighted by Gasteiger charge is -2.32. The van der Waals surface area contributed by atoms with Crippen LogP contribution in [0.25, 0.3) is 0 Å². The number of hydrogen-bond donors (Lipinski definition) is 4. The highest BCUT2D eigenvalue weighted by Crippen LogP contribution is 2.47. The fourth-order valence-corrected chi connectivity index (χ4v) is 8.96. The van der Waals surface area contributed by atoms with Crippen LogP contribution in [-0.4, -0.2) is 20.4 Å². The molecule has 0 aliphatic carbocycles. The Labute approximate surface area is 379 Å². The molecule has 0 aliphatic rings. The van der Waals surface area contributed by atoms with Crippen LogP contribution in [0.4, 0.5) is 0 Å². The Hall–Kier alpha value is -3.92. The summed E-state index contributed by atoms with van der Waals surface area (Å²) in [6.07, 6.45) is 4.17. The van der Waals surface area contributed by atoms with E-state index in [1.54, 1.807) is 0 Å². The van der Waals surface area contributed by atoms with E-state index in [-0.39, 0.29) is 44.3 Å². The first-order chi connectivity index (χ1) is 28.0. The van der Waals surface area contributed by atoms with Crippen LogP contribution in [-0.2, 0) is 32.5 Å². The molecular formula is C58H88O4. The molecule has 4 rings (SSSR count). The Balaban J connectivity index is 0.000000336. The van der Waals surface area contributed by atoms with Crippen molar-refractivity contribution in [2.24, 2.45) is 0 Å². The highest BCUT2D eigenvalue weighted by atomic mass is 16.3. The number of phenols is 4. The maximum Gasteiger partial charge on any atom is 0.123 e. The average molecular weight is 849 g/mol. The standard InChI is InChI=1S/C32H50O2.C26H38O2/c1-14-15-22(20-16-23(29(2,3)4)27(33)24(17-20)30(5,6)7)21-18-25(31(8,9)10)28(34)26(19-21)32(11,12)13;1-10-11-18(19-14-21(25(4,5)6)23(27)12-16(19)2)20-15-22(26(7,8)9)24(28)13-17(20)3/h16-19,22,33-34H,14-15H2,1-13H3;12-15,18,27-28H,10-11H2,1-9H3. The van der Waals surface area contributed by atoms with Gasteiger partial charge in [-0.15, -0.1) is 0 Å². The van der Waals surface area contributed by atoms with Crippen LogP contribution in [0.2, 0.25) is 0 Å². The van der Waals surface area contributed by atoms with E-state index >= 15 is 0 Å². The zero-order chi connectivity index (χ0) is 47.9. The fourth-order valence-electron chi connectivity index (χ4n) is 8.96. The Morgan fingerprint density at radius 2 is 0.597 bits per heavy atom. The molecule has 0 spiro atoms. The molecule has 0 heterocycles. The molecule has 4 aromatic rings. The molecule has 0 unspecified atom stereocenters. The summed E-state index contributed by atoms with van der Waals surface area (Å²) in [4.78, 5) is 0. The second-order valence-corrected chi connectivity index (χ2v) is 24.6. The van der Waals surface area contributed by atoms with Gasteiger partial charge >= 0.3 is 0 Å². The largest absolute Gasteiger partial charge is 0.508 e. The molecule has 0 aromatic heterocycles. The summed E-state index contributed by atoms with van der Waals surface area (Å²) < 4.78 is 0. The Morgan fingerprint density at radius 3 is 0.823 bits per heavy atom. The molecular weight excluding hydrogens is 761 g/mol. The number of rotatable bonds is 8. The Bertz CT molecular complexity index is 1950. The van der Waals surface area contributed by atoms with Crippen LogP contribution in [0.3, 0.4) is 0 Å². The van der Waals surface area contributed by atoms with Gasteiger partial charge in [-0.2, -0.15) is 0 Å². The van der Waals surface area contributed by atoms with Gasteiger partial charge in [0.2, 0.25) is 0 Å². The molecule has 4 nitrogen and oxygen atoms in total. The predicted molar refractivity (Wildman–Crippen MR) is 268 cm³/mol. The molecule has 0 fully saturated rings. The summed E-state index contributed by atoms with van der Waals surface area (Å²) in [6, 6.07) is 17.1. The van der Waals surface area contributed by atoms with Gasteiger partial charge in [0.15, 0.2) is 0 Å².